The molecule has 13 rings (SSSR count). The normalized spacial score (nSPS) is 15.4. The maximum absolute atomic E-state index is 6.67. The summed E-state index contributed by atoms with van der Waals surface area (Å²) >= 11 is 1.90. The minimum atomic E-state index is -0.520. The van der Waals surface area contributed by atoms with Gasteiger partial charge in [0, 0.05) is 42.6 Å². The molecule has 0 atom stereocenters. The molecule has 306 valence electrons. The van der Waals surface area contributed by atoms with Crippen molar-refractivity contribution in [3.05, 3.63) is 234 Å². The van der Waals surface area contributed by atoms with E-state index in [1.807, 2.05) is 11.3 Å². The van der Waals surface area contributed by atoms with Gasteiger partial charge < -0.3 is 9.64 Å². The van der Waals surface area contributed by atoms with Gasteiger partial charge in [0.05, 0.1) is 16.8 Å². The molecular formula is C61H45NOS. The standard InChI is InChI=1S/C61H45NOS/c1-59(2)46-24-11-8-22-41(46)43-34-33-39(35-50(43)60(59,3)4)62(52-28-15-10-21-40(52)38-19-6-5-7-20-38)53-29-18-32-56-58(53)45-36-44-42-23-9-12-25-47(42)61(51(44)37-57(45)64-56)48-26-13-16-30-54(48)63-55-31-17-14-27-49(55)61/h5-37H,1-4H3. The summed E-state index contributed by atoms with van der Waals surface area (Å²) in [5, 5.41) is 2.53. The van der Waals surface area contributed by atoms with Crippen LogP contribution in [-0.2, 0) is 16.2 Å². The fourth-order valence-corrected chi connectivity index (χ4v) is 12.8. The monoisotopic (exact) mass is 839 g/mol. The third-order valence-electron chi connectivity index (χ3n) is 15.3. The molecule has 1 aromatic heterocycles. The minimum absolute atomic E-state index is 0.0922. The molecule has 2 heterocycles. The van der Waals surface area contributed by atoms with Crippen LogP contribution in [0, 0.1) is 0 Å². The Kier molecular flexibility index (Phi) is 7.83. The topological polar surface area (TPSA) is 12.5 Å². The smallest absolute Gasteiger partial charge is 0.132 e. The fraction of sp³-hybridized carbons (Fsp3) is 0.115. The van der Waals surface area contributed by atoms with Gasteiger partial charge in [-0.25, -0.2) is 0 Å². The highest BCUT2D eigenvalue weighted by molar-refractivity contribution is 7.26. The van der Waals surface area contributed by atoms with E-state index in [-0.39, 0.29) is 10.8 Å². The summed E-state index contributed by atoms with van der Waals surface area (Å²) in [7, 11) is 0. The van der Waals surface area contributed by atoms with Crippen molar-refractivity contribution in [3.8, 4) is 44.9 Å². The van der Waals surface area contributed by atoms with Gasteiger partial charge in [-0.15, -0.1) is 11.3 Å². The van der Waals surface area contributed by atoms with Gasteiger partial charge in [0.25, 0.3) is 0 Å². The van der Waals surface area contributed by atoms with Crippen LogP contribution >= 0.6 is 11.3 Å². The lowest BCUT2D eigenvalue weighted by molar-refractivity contribution is 0.299. The molecule has 0 fully saturated rings. The van der Waals surface area contributed by atoms with E-state index in [2.05, 4.69) is 233 Å². The highest BCUT2D eigenvalue weighted by atomic mass is 32.1. The zero-order valence-electron chi connectivity index (χ0n) is 36.3. The van der Waals surface area contributed by atoms with Crippen LogP contribution in [0.25, 0.3) is 53.6 Å². The second kappa shape index (κ2) is 13.4. The average molecular weight is 840 g/mol. The number of thiophene rings is 1. The Balaban J connectivity index is 1.10. The van der Waals surface area contributed by atoms with Crippen molar-refractivity contribution in [2.45, 2.75) is 43.9 Å². The molecule has 64 heavy (non-hydrogen) atoms. The second-order valence-corrected chi connectivity index (χ2v) is 19.9. The molecule has 9 aromatic carbocycles. The van der Waals surface area contributed by atoms with E-state index < -0.39 is 5.41 Å². The van der Waals surface area contributed by atoms with Gasteiger partial charge in [0.1, 0.15) is 11.5 Å². The number of fused-ring (bicyclic) bond motifs is 15. The molecule has 3 heteroatoms. The number of nitrogens with zero attached hydrogens (tertiary/aromatic N) is 1. The molecule has 0 saturated heterocycles. The van der Waals surface area contributed by atoms with Crippen LogP contribution in [0.3, 0.4) is 0 Å². The average Bonchev–Trinajstić information content (AvgIpc) is 3.84. The van der Waals surface area contributed by atoms with Crippen molar-refractivity contribution in [1.82, 2.24) is 0 Å². The first kappa shape index (κ1) is 37.4. The number of benzene rings is 9. The molecule has 10 aromatic rings. The Morgan fingerprint density at radius 1 is 0.391 bits per heavy atom. The minimum Gasteiger partial charge on any atom is -0.457 e. The number of ether oxygens (including phenoxy) is 1. The Hall–Kier alpha value is -7.20. The fourth-order valence-electron chi connectivity index (χ4n) is 11.6. The molecular weight excluding hydrogens is 795 g/mol. The summed E-state index contributed by atoms with van der Waals surface area (Å²) in [6.07, 6.45) is 0. The van der Waals surface area contributed by atoms with Crippen molar-refractivity contribution >= 4 is 48.6 Å². The molecule has 0 radical (unpaired) electrons. The maximum Gasteiger partial charge on any atom is 0.132 e. The van der Waals surface area contributed by atoms with Gasteiger partial charge in [-0.1, -0.05) is 173 Å². The van der Waals surface area contributed by atoms with Gasteiger partial charge in [-0.2, -0.15) is 0 Å². The maximum atomic E-state index is 6.67. The van der Waals surface area contributed by atoms with Gasteiger partial charge in [0.2, 0.25) is 0 Å². The van der Waals surface area contributed by atoms with E-state index in [1.165, 1.54) is 92.6 Å². The van der Waals surface area contributed by atoms with E-state index in [4.69, 9.17) is 4.74 Å². The molecule has 2 aliphatic carbocycles. The van der Waals surface area contributed by atoms with Gasteiger partial charge in [-0.05, 0) is 115 Å². The van der Waals surface area contributed by atoms with Crippen molar-refractivity contribution in [2.75, 3.05) is 4.90 Å². The highest BCUT2D eigenvalue weighted by Gasteiger charge is 2.51. The zero-order chi connectivity index (χ0) is 43.0. The Labute approximate surface area is 378 Å². The summed E-state index contributed by atoms with van der Waals surface area (Å²) in [6, 6.07) is 74.3. The third-order valence-corrected chi connectivity index (χ3v) is 16.4. The summed E-state index contributed by atoms with van der Waals surface area (Å²) in [4.78, 5) is 2.55. The summed E-state index contributed by atoms with van der Waals surface area (Å²) < 4.78 is 9.21. The molecule has 0 saturated carbocycles. The van der Waals surface area contributed by atoms with Crippen LogP contribution in [0.1, 0.15) is 61.1 Å². The van der Waals surface area contributed by atoms with E-state index in [0.29, 0.717) is 0 Å². The lowest BCUT2D eigenvalue weighted by Crippen LogP contribution is -2.43. The summed E-state index contributed by atoms with van der Waals surface area (Å²) in [6.45, 7) is 9.70. The Morgan fingerprint density at radius 3 is 1.69 bits per heavy atom. The molecule has 3 aliphatic rings. The number of hydrogen-bond acceptors (Lipinski definition) is 3. The number of rotatable bonds is 4. The molecule has 1 aliphatic heterocycles. The van der Waals surface area contributed by atoms with Gasteiger partial charge in [-0.3, -0.25) is 0 Å². The van der Waals surface area contributed by atoms with Crippen molar-refractivity contribution < 1.29 is 4.74 Å². The predicted molar refractivity (Wildman–Crippen MR) is 268 cm³/mol. The molecule has 2 nitrogen and oxygen atoms in total. The molecule has 0 bridgehead atoms. The van der Waals surface area contributed by atoms with Crippen LogP contribution in [0.15, 0.2) is 200 Å². The zero-order valence-corrected chi connectivity index (χ0v) is 37.1. The lowest BCUT2D eigenvalue weighted by atomic mass is 9.55. The van der Waals surface area contributed by atoms with Crippen molar-refractivity contribution in [1.29, 1.82) is 0 Å². The van der Waals surface area contributed by atoms with Crippen molar-refractivity contribution in [2.24, 2.45) is 0 Å². The Morgan fingerprint density at radius 2 is 0.953 bits per heavy atom. The van der Waals surface area contributed by atoms with Gasteiger partial charge >= 0.3 is 0 Å². The van der Waals surface area contributed by atoms with Crippen LogP contribution in [-0.4, -0.2) is 0 Å². The number of hydrogen-bond donors (Lipinski definition) is 0. The molecule has 0 amide bonds. The first-order valence-electron chi connectivity index (χ1n) is 22.4. The molecule has 0 N–H and O–H groups in total. The SMILES string of the molecule is CC1(C)c2ccccc2-c2ccc(N(c3ccccc3-c3ccccc3)c3cccc4sc5cc6c(cc5c34)-c3ccccc3C63c4ccccc4Oc4ccccc43)cc2C1(C)C. The van der Waals surface area contributed by atoms with E-state index in [9.17, 15) is 0 Å². The number of anilines is 3. The van der Waals surface area contributed by atoms with E-state index in [0.717, 1.165) is 22.9 Å². The quantitative estimate of drug-likeness (QED) is 0.175. The van der Waals surface area contributed by atoms with Crippen LogP contribution in [0.4, 0.5) is 17.1 Å². The first-order valence-corrected chi connectivity index (χ1v) is 23.2. The predicted octanol–water partition coefficient (Wildman–Crippen LogP) is 16.9. The molecule has 0 unspecified atom stereocenters. The lowest BCUT2D eigenvalue weighted by Gasteiger charge is -2.48. The van der Waals surface area contributed by atoms with E-state index >= 15 is 0 Å². The van der Waals surface area contributed by atoms with Crippen molar-refractivity contribution in [3.63, 3.8) is 0 Å². The molecule has 1 spiro atoms. The first-order chi connectivity index (χ1) is 31.3. The van der Waals surface area contributed by atoms with Gasteiger partial charge in [0.15, 0.2) is 0 Å². The van der Waals surface area contributed by atoms with Crippen LogP contribution in [0.5, 0.6) is 11.5 Å². The third kappa shape index (κ3) is 4.91. The van der Waals surface area contributed by atoms with Crippen LogP contribution in [0.2, 0.25) is 0 Å². The highest BCUT2D eigenvalue weighted by Crippen LogP contribution is 2.63. The van der Waals surface area contributed by atoms with E-state index in [1.54, 1.807) is 0 Å². The largest absolute Gasteiger partial charge is 0.457 e. The summed E-state index contributed by atoms with van der Waals surface area (Å²) in [5.41, 5.74) is 18.0. The second-order valence-electron chi connectivity index (χ2n) is 18.8. The summed E-state index contributed by atoms with van der Waals surface area (Å²) in [5.74, 6) is 1.82. The Bertz CT molecular complexity index is 3510. The number of para-hydroxylation sites is 3. The van der Waals surface area contributed by atoms with Crippen LogP contribution < -0.4 is 9.64 Å².